The highest BCUT2D eigenvalue weighted by atomic mass is 16.1. The smallest absolute Gasteiger partial charge is 0.219 e. The number of carbonyl (C=O) groups excluding carboxylic acids is 1. The summed E-state index contributed by atoms with van der Waals surface area (Å²) in [6, 6.07) is 0. The molecule has 2 atom stereocenters. The molecule has 0 aromatic heterocycles. The third kappa shape index (κ3) is 9.13. The predicted molar refractivity (Wildman–Crippen MR) is 90.1 cm³/mol. The maximum absolute atomic E-state index is 11.8. The Bertz CT molecular complexity index is 278. The average Bonchev–Trinajstić information content (AvgIpc) is 2.47. The number of nitrogens with one attached hydrogen (secondary N) is 1. The van der Waals surface area contributed by atoms with Crippen LogP contribution in [-0.2, 0) is 4.79 Å². The maximum Gasteiger partial charge on any atom is 0.219 e. The Morgan fingerprint density at radius 3 is 2.67 bits per heavy atom. The Morgan fingerprint density at radius 1 is 1.19 bits per heavy atom. The molecule has 1 fully saturated rings. The fourth-order valence-corrected chi connectivity index (χ4v) is 3.40. The summed E-state index contributed by atoms with van der Waals surface area (Å²) in [5.41, 5.74) is 5.77. The first-order chi connectivity index (χ1) is 10.1. The molecule has 0 heterocycles. The third-order valence-corrected chi connectivity index (χ3v) is 4.78. The molecule has 3 N–H and O–H groups in total. The molecule has 0 spiro atoms. The summed E-state index contributed by atoms with van der Waals surface area (Å²) < 4.78 is 0. The molecule has 0 radical (unpaired) electrons. The fourth-order valence-electron chi connectivity index (χ4n) is 3.40. The van der Waals surface area contributed by atoms with Crippen molar-refractivity contribution in [1.29, 1.82) is 0 Å². The zero-order valence-electron chi connectivity index (χ0n) is 14.2. The molecule has 0 bridgehead atoms. The molecule has 1 saturated carbocycles. The van der Waals surface area contributed by atoms with Gasteiger partial charge in [0.15, 0.2) is 0 Å². The topological polar surface area (TPSA) is 55.1 Å². The first-order valence-corrected chi connectivity index (χ1v) is 9.08. The van der Waals surface area contributed by atoms with Crippen LogP contribution in [0, 0.1) is 17.8 Å². The van der Waals surface area contributed by atoms with Gasteiger partial charge in [0.2, 0.25) is 5.91 Å². The summed E-state index contributed by atoms with van der Waals surface area (Å²) in [5.74, 6) is 2.52. The van der Waals surface area contributed by atoms with E-state index in [1.54, 1.807) is 0 Å². The van der Waals surface area contributed by atoms with Crippen LogP contribution in [0.15, 0.2) is 0 Å². The van der Waals surface area contributed by atoms with Crippen LogP contribution in [-0.4, -0.2) is 19.0 Å². The van der Waals surface area contributed by atoms with E-state index < -0.39 is 0 Å². The first-order valence-electron chi connectivity index (χ1n) is 9.08. The molecule has 1 rings (SSSR count). The van der Waals surface area contributed by atoms with E-state index in [1.165, 1.54) is 44.9 Å². The molecule has 0 aromatic rings. The first kappa shape index (κ1) is 18.5. The standard InChI is InChI=1S/C18H36N2O/c1-15(2)7-4-3-5-10-18(21)20-12-11-16-8-6-9-17(13-16)14-19/h15-17H,3-14,19H2,1-2H3,(H,20,21). The zero-order chi connectivity index (χ0) is 15.5. The Labute approximate surface area is 131 Å². The van der Waals surface area contributed by atoms with Gasteiger partial charge in [-0.1, -0.05) is 46.0 Å². The number of unbranched alkanes of at least 4 members (excludes halogenated alkanes) is 2. The molecule has 1 aliphatic carbocycles. The lowest BCUT2D eigenvalue weighted by Gasteiger charge is -2.28. The normalized spacial score (nSPS) is 22.5. The van der Waals surface area contributed by atoms with E-state index in [1.807, 2.05) is 0 Å². The minimum absolute atomic E-state index is 0.241. The van der Waals surface area contributed by atoms with Crippen LogP contribution in [0.5, 0.6) is 0 Å². The molecular formula is C18H36N2O. The summed E-state index contributed by atoms with van der Waals surface area (Å²) in [7, 11) is 0. The second-order valence-corrected chi connectivity index (χ2v) is 7.27. The van der Waals surface area contributed by atoms with Gasteiger partial charge in [-0.15, -0.1) is 0 Å². The second-order valence-electron chi connectivity index (χ2n) is 7.27. The van der Waals surface area contributed by atoms with E-state index in [0.717, 1.165) is 43.7 Å². The fraction of sp³-hybridized carbons (Fsp3) is 0.944. The summed E-state index contributed by atoms with van der Waals surface area (Å²) in [5, 5.41) is 3.09. The van der Waals surface area contributed by atoms with E-state index in [9.17, 15) is 4.79 Å². The number of rotatable bonds is 10. The van der Waals surface area contributed by atoms with Crippen molar-refractivity contribution in [3.63, 3.8) is 0 Å². The Hall–Kier alpha value is -0.570. The minimum atomic E-state index is 0.241. The molecule has 1 amide bonds. The predicted octanol–water partition coefficient (Wildman–Crippen LogP) is 3.86. The molecule has 2 unspecified atom stereocenters. The molecule has 0 aliphatic heterocycles. The van der Waals surface area contributed by atoms with Gasteiger partial charge in [0, 0.05) is 13.0 Å². The van der Waals surface area contributed by atoms with Crippen LogP contribution >= 0.6 is 0 Å². The molecule has 21 heavy (non-hydrogen) atoms. The van der Waals surface area contributed by atoms with Gasteiger partial charge >= 0.3 is 0 Å². The molecular weight excluding hydrogens is 260 g/mol. The van der Waals surface area contributed by atoms with E-state index in [0.29, 0.717) is 6.42 Å². The van der Waals surface area contributed by atoms with Gasteiger partial charge in [-0.2, -0.15) is 0 Å². The highest BCUT2D eigenvalue weighted by Crippen LogP contribution is 2.30. The van der Waals surface area contributed by atoms with Gasteiger partial charge in [-0.05, 0) is 50.0 Å². The van der Waals surface area contributed by atoms with Gasteiger partial charge in [0.1, 0.15) is 0 Å². The summed E-state index contributed by atoms with van der Waals surface area (Å²) >= 11 is 0. The van der Waals surface area contributed by atoms with Crippen LogP contribution in [0.3, 0.4) is 0 Å². The van der Waals surface area contributed by atoms with E-state index >= 15 is 0 Å². The van der Waals surface area contributed by atoms with Gasteiger partial charge in [-0.3, -0.25) is 4.79 Å². The second kappa shape index (κ2) is 11.1. The van der Waals surface area contributed by atoms with Crippen molar-refractivity contribution in [2.24, 2.45) is 23.5 Å². The lowest BCUT2D eigenvalue weighted by molar-refractivity contribution is -0.121. The van der Waals surface area contributed by atoms with Gasteiger partial charge < -0.3 is 11.1 Å². The van der Waals surface area contributed by atoms with Crippen molar-refractivity contribution >= 4 is 5.91 Å². The van der Waals surface area contributed by atoms with E-state index in [-0.39, 0.29) is 5.91 Å². The highest BCUT2D eigenvalue weighted by molar-refractivity contribution is 5.75. The van der Waals surface area contributed by atoms with E-state index in [4.69, 9.17) is 5.73 Å². The maximum atomic E-state index is 11.8. The summed E-state index contributed by atoms with van der Waals surface area (Å²) in [4.78, 5) is 11.8. The SMILES string of the molecule is CC(C)CCCCCC(=O)NCCC1CCCC(CN)C1. The van der Waals surface area contributed by atoms with Crippen molar-refractivity contribution < 1.29 is 4.79 Å². The summed E-state index contributed by atoms with van der Waals surface area (Å²) in [6.07, 6.45) is 11.8. The van der Waals surface area contributed by atoms with Crippen molar-refractivity contribution in [2.45, 2.75) is 78.1 Å². The highest BCUT2D eigenvalue weighted by Gasteiger charge is 2.20. The van der Waals surface area contributed by atoms with Crippen LogP contribution in [0.4, 0.5) is 0 Å². The Kier molecular flexibility index (Phi) is 9.73. The third-order valence-electron chi connectivity index (χ3n) is 4.78. The largest absolute Gasteiger partial charge is 0.356 e. The quantitative estimate of drug-likeness (QED) is 0.601. The van der Waals surface area contributed by atoms with Crippen LogP contribution < -0.4 is 11.1 Å². The van der Waals surface area contributed by atoms with Crippen LogP contribution in [0.2, 0.25) is 0 Å². The monoisotopic (exact) mass is 296 g/mol. The zero-order valence-corrected chi connectivity index (χ0v) is 14.2. The Morgan fingerprint density at radius 2 is 1.95 bits per heavy atom. The Balaban J connectivity index is 1.98. The molecule has 3 heteroatoms. The average molecular weight is 296 g/mol. The number of hydrogen-bond donors (Lipinski definition) is 2. The number of nitrogens with two attached hydrogens (primary N) is 1. The van der Waals surface area contributed by atoms with Gasteiger partial charge in [-0.25, -0.2) is 0 Å². The molecule has 124 valence electrons. The van der Waals surface area contributed by atoms with Crippen molar-refractivity contribution in [1.82, 2.24) is 5.32 Å². The number of carbonyl (C=O) groups is 1. The van der Waals surface area contributed by atoms with Gasteiger partial charge in [0.05, 0.1) is 0 Å². The van der Waals surface area contributed by atoms with Crippen molar-refractivity contribution in [2.75, 3.05) is 13.1 Å². The lowest BCUT2D eigenvalue weighted by Crippen LogP contribution is -2.28. The van der Waals surface area contributed by atoms with Gasteiger partial charge in [0.25, 0.3) is 0 Å². The molecule has 0 saturated heterocycles. The molecule has 0 aromatic carbocycles. The van der Waals surface area contributed by atoms with Crippen LogP contribution in [0.1, 0.15) is 78.1 Å². The van der Waals surface area contributed by atoms with E-state index in [2.05, 4.69) is 19.2 Å². The lowest BCUT2D eigenvalue weighted by atomic mass is 9.80. The summed E-state index contributed by atoms with van der Waals surface area (Å²) in [6.45, 7) is 6.20. The van der Waals surface area contributed by atoms with Crippen molar-refractivity contribution in [3.05, 3.63) is 0 Å². The molecule has 3 nitrogen and oxygen atoms in total. The number of hydrogen-bond acceptors (Lipinski definition) is 2. The minimum Gasteiger partial charge on any atom is -0.356 e. The molecule has 1 aliphatic rings. The van der Waals surface area contributed by atoms with Crippen molar-refractivity contribution in [3.8, 4) is 0 Å². The van der Waals surface area contributed by atoms with Crippen LogP contribution in [0.25, 0.3) is 0 Å². The number of amides is 1.